The van der Waals surface area contributed by atoms with Gasteiger partial charge in [-0.3, -0.25) is 4.79 Å². The molecule has 196 valence electrons. The summed E-state index contributed by atoms with van der Waals surface area (Å²) in [4.78, 5) is 16.2. The SMILES string of the molecule is COc1c(O)ccc2c1-c1ccc3c(c1C(=Cc1sccc1C(=O)N1CCNCC1)O2)C(C)=CC(C)(C)N3. The van der Waals surface area contributed by atoms with Gasteiger partial charge in [-0.25, -0.2) is 0 Å². The Morgan fingerprint density at radius 1 is 1.13 bits per heavy atom. The second-order valence-corrected chi connectivity index (χ2v) is 11.4. The Balaban J connectivity index is 1.55. The molecule has 3 aliphatic heterocycles. The maximum absolute atomic E-state index is 13.4. The van der Waals surface area contributed by atoms with Gasteiger partial charge in [-0.2, -0.15) is 0 Å². The quantitative estimate of drug-likeness (QED) is 0.405. The van der Waals surface area contributed by atoms with Crippen molar-refractivity contribution in [2.24, 2.45) is 0 Å². The van der Waals surface area contributed by atoms with Gasteiger partial charge in [0, 0.05) is 53.4 Å². The number of thiophene rings is 1. The van der Waals surface area contributed by atoms with Crippen molar-refractivity contribution in [2.45, 2.75) is 26.3 Å². The number of carbonyl (C=O) groups excluding carboxylic acids is 1. The molecule has 0 aliphatic carbocycles. The van der Waals surface area contributed by atoms with Crippen LogP contribution in [-0.4, -0.2) is 54.7 Å². The number of ether oxygens (including phenoxy) is 2. The van der Waals surface area contributed by atoms with Crippen LogP contribution < -0.4 is 20.1 Å². The van der Waals surface area contributed by atoms with Crippen LogP contribution in [0.1, 0.15) is 47.1 Å². The first-order valence-electron chi connectivity index (χ1n) is 12.8. The summed E-state index contributed by atoms with van der Waals surface area (Å²) in [6.07, 6.45) is 4.20. The van der Waals surface area contributed by atoms with Crippen molar-refractivity contribution in [2.75, 3.05) is 38.6 Å². The maximum atomic E-state index is 13.4. The van der Waals surface area contributed by atoms with E-state index in [9.17, 15) is 9.90 Å². The molecule has 0 unspecified atom stereocenters. The lowest BCUT2D eigenvalue weighted by atomic mass is 9.83. The zero-order valence-electron chi connectivity index (χ0n) is 22.0. The van der Waals surface area contributed by atoms with Crippen LogP contribution in [0.5, 0.6) is 17.2 Å². The number of benzene rings is 2. The highest BCUT2D eigenvalue weighted by Gasteiger charge is 2.34. The molecule has 38 heavy (non-hydrogen) atoms. The predicted octanol–water partition coefficient (Wildman–Crippen LogP) is 5.67. The zero-order valence-corrected chi connectivity index (χ0v) is 22.8. The molecule has 4 heterocycles. The molecule has 0 bridgehead atoms. The number of aromatic hydroxyl groups is 1. The van der Waals surface area contributed by atoms with Crippen LogP contribution in [0.2, 0.25) is 0 Å². The third-order valence-corrected chi connectivity index (χ3v) is 8.13. The molecule has 0 radical (unpaired) electrons. The topological polar surface area (TPSA) is 83.1 Å². The molecule has 2 aromatic carbocycles. The first-order valence-corrected chi connectivity index (χ1v) is 13.7. The Labute approximate surface area is 226 Å². The third-order valence-electron chi connectivity index (χ3n) is 7.26. The first-order chi connectivity index (χ1) is 18.3. The molecule has 1 amide bonds. The van der Waals surface area contributed by atoms with Gasteiger partial charge >= 0.3 is 0 Å². The first kappa shape index (κ1) is 24.6. The largest absolute Gasteiger partial charge is 0.504 e. The van der Waals surface area contributed by atoms with E-state index in [1.54, 1.807) is 19.2 Å². The summed E-state index contributed by atoms with van der Waals surface area (Å²) >= 11 is 1.53. The number of anilines is 1. The van der Waals surface area contributed by atoms with E-state index in [-0.39, 0.29) is 17.2 Å². The van der Waals surface area contributed by atoms with Crippen molar-refractivity contribution in [3.63, 3.8) is 0 Å². The number of nitrogens with zero attached hydrogens (tertiary/aromatic N) is 1. The number of allylic oxidation sites excluding steroid dienone is 1. The zero-order chi connectivity index (χ0) is 26.6. The molecule has 3 N–H and O–H groups in total. The fraction of sp³-hybridized carbons (Fsp3) is 0.300. The smallest absolute Gasteiger partial charge is 0.255 e. The Bertz CT molecular complexity index is 1510. The summed E-state index contributed by atoms with van der Waals surface area (Å²) in [6.45, 7) is 9.38. The number of phenolic OH excluding ortho intramolecular Hbond substituents is 1. The highest BCUT2D eigenvalue weighted by molar-refractivity contribution is 7.11. The fourth-order valence-electron chi connectivity index (χ4n) is 5.72. The molecule has 6 rings (SSSR count). The number of piperazine rings is 1. The van der Waals surface area contributed by atoms with E-state index in [4.69, 9.17) is 9.47 Å². The van der Waals surface area contributed by atoms with Crippen LogP contribution in [0.25, 0.3) is 28.5 Å². The molecule has 1 fully saturated rings. The average molecular weight is 530 g/mol. The summed E-state index contributed by atoms with van der Waals surface area (Å²) in [5, 5.41) is 19.5. The number of carbonyl (C=O) groups is 1. The number of hydrogen-bond donors (Lipinski definition) is 3. The second-order valence-electron chi connectivity index (χ2n) is 10.4. The van der Waals surface area contributed by atoms with Crippen LogP contribution in [0, 0.1) is 0 Å². The van der Waals surface area contributed by atoms with Gasteiger partial charge in [-0.15, -0.1) is 11.3 Å². The van der Waals surface area contributed by atoms with Crippen molar-refractivity contribution < 1.29 is 19.4 Å². The van der Waals surface area contributed by atoms with Crippen molar-refractivity contribution in [1.29, 1.82) is 0 Å². The number of rotatable bonds is 3. The minimum atomic E-state index is -0.199. The van der Waals surface area contributed by atoms with Gasteiger partial charge in [0.25, 0.3) is 5.91 Å². The molecule has 0 atom stereocenters. The lowest BCUT2D eigenvalue weighted by Crippen LogP contribution is -2.46. The van der Waals surface area contributed by atoms with Crippen LogP contribution >= 0.6 is 11.3 Å². The Kier molecular flexibility index (Phi) is 5.96. The van der Waals surface area contributed by atoms with Gasteiger partial charge in [0.2, 0.25) is 0 Å². The Hall–Kier alpha value is -3.75. The molecular formula is C30H31N3O4S. The van der Waals surface area contributed by atoms with E-state index in [0.717, 1.165) is 45.9 Å². The summed E-state index contributed by atoms with van der Waals surface area (Å²) < 4.78 is 12.2. The Morgan fingerprint density at radius 2 is 1.92 bits per heavy atom. The van der Waals surface area contributed by atoms with Crippen LogP contribution in [0.15, 0.2) is 41.8 Å². The average Bonchev–Trinajstić information content (AvgIpc) is 3.36. The van der Waals surface area contributed by atoms with E-state index in [1.165, 1.54) is 11.3 Å². The molecule has 0 saturated carbocycles. The second kappa shape index (κ2) is 9.22. The van der Waals surface area contributed by atoms with Crippen LogP contribution in [-0.2, 0) is 0 Å². The van der Waals surface area contributed by atoms with Crippen molar-refractivity contribution in [1.82, 2.24) is 10.2 Å². The monoisotopic (exact) mass is 529 g/mol. The molecule has 8 heteroatoms. The highest BCUT2D eigenvalue weighted by atomic mass is 32.1. The lowest BCUT2D eigenvalue weighted by Gasteiger charge is -2.35. The number of amides is 1. The standard InChI is InChI=1S/C30H31N3O4S/c1-17-16-30(2,3)32-20-6-5-19-26(25(17)20)23(37-22-8-7-21(34)28(36-4)27(19)22)15-24-18(9-14-38-24)29(35)33-12-10-31-11-13-33/h5-9,14-16,31-32,34H,10-13H2,1-4H3. The van der Waals surface area contributed by atoms with Gasteiger partial charge in [-0.05, 0) is 62.1 Å². The molecular weight excluding hydrogens is 498 g/mol. The van der Waals surface area contributed by atoms with E-state index < -0.39 is 0 Å². The molecule has 1 saturated heterocycles. The molecule has 1 aromatic heterocycles. The summed E-state index contributed by atoms with van der Waals surface area (Å²) in [5.41, 5.74) is 6.18. The maximum Gasteiger partial charge on any atom is 0.255 e. The lowest BCUT2D eigenvalue weighted by molar-refractivity contribution is 0.0736. The van der Waals surface area contributed by atoms with Gasteiger partial charge in [0.1, 0.15) is 11.5 Å². The van der Waals surface area contributed by atoms with Crippen molar-refractivity contribution >= 4 is 40.3 Å². The molecule has 3 aliphatic rings. The van der Waals surface area contributed by atoms with Gasteiger partial charge in [0.15, 0.2) is 11.5 Å². The minimum Gasteiger partial charge on any atom is -0.504 e. The number of nitrogens with one attached hydrogen (secondary N) is 2. The van der Waals surface area contributed by atoms with Crippen LogP contribution in [0.3, 0.4) is 0 Å². The van der Waals surface area contributed by atoms with Crippen LogP contribution in [0.4, 0.5) is 5.69 Å². The number of phenols is 1. The Morgan fingerprint density at radius 3 is 2.68 bits per heavy atom. The number of hydrogen-bond acceptors (Lipinski definition) is 7. The van der Waals surface area contributed by atoms with Gasteiger partial charge in [0.05, 0.1) is 23.8 Å². The normalized spacial score (nSPS) is 18.5. The summed E-state index contributed by atoms with van der Waals surface area (Å²) in [7, 11) is 1.55. The van der Waals surface area contributed by atoms with E-state index in [0.29, 0.717) is 41.5 Å². The van der Waals surface area contributed by atoms with E-state index in [1.807, 2.05) is 28.5 Å². The van der Waals surface area contributed by atoms with Gasteiger partial charge < -0.3 is 30.1 Å². The third kappa shape index (κ3) is 4.04. The van der Waals surface area contributed by atoms with Crippen molar-refractivity contribution in [3.8, 4) is 28.4 Å². The van der Waals surface area contributed by atoms with Crippen molar-refractivity contribution in [3.05, 3.63) is 63.4 Å². The summed E-state index contributed by atoms with van der Waals surface area (Å²) in [6, 6.07) is 9.37. The van der Waals surface area contributed by atoms with Gasteiger partial charge in [-0.1, -0.05) is 12.1 Å². The van der Waals surface area contributed by atoms with E-state index in [2.05, 4.69) is 43.5 Å². The molecule has 7 nitrogen and oxygen atoms in total. The predicted molar refractivity (Wildman–Crippen MR) is 153 cm³/mol. The van der Waals surface area contributed by atoms with E-state index >= 15 is 0 Å². The molecule has 3 aromatic rings. The fourth-order valence-corrected chi connectivity index (χ4v) is 6.52. The number of fused-ring (bicyclic) bond motifs is 5. The highest BCUT2D eigenvalue weighted by Crippen LogP contribution is 2.54. The molecule has 0 spiro atoms. The minimum absolute atomic E-state index is 0.0391. The number of methoxy groups -OCH3 is 1. The summed E-state index contributed by atoms with van der Waals surface area (Å²) in [5.74, 6) is 1.72.